The third-order valence-corrected chi connectivity index (χ3v) is 3.69. The molecule has 1 unspecified atom stereocenters. The zero-order valence-electron chi connectivity index (χ0n) is 11.3. The Bertz CT molecular complexity index is 411. The van der Waals surface area contributed by atoms with Gasteiger partial charge in [-0.3, -0.25) is 10.00 Å². The van der Waals surface area contributed by atoms with E-state index in [1.807, 2.05) is 6.92 Å². The third kappa shape index (κ3) is 4.36. The topological polar surface area (TPSA) is 57.9 Å². The number of halogens is 4. The van der Waals surface area contributed by atoms with Gasteiger partial charge in [-0.2, -0.15) is 18.3 Å². The molecular weight excluding hydrogens is 293 g/mol. The van der Waals surface area contributed by atoms with Crippen LogP contribution in [0.25, 0.3) is 0 Å². The average Bonchev–Trinajstić information content (AvgIpc) is 2.78. The summed E-state index contributed by atoms with van der Waals surface area (Å²) in [5, 5.41) is 5.76. The fourth-order valence-corrected chi connectivity index (χ4v) is 2.47. The molecule has 2 heterocycles. The Morgan fingerprint density at radius 3 is 2.50 bits per heavy atom. The standard InChI is InChI=1S/C12H19F3N4.ClH/c1-8(16)9-2-4-19(5-3-9)7-10-6-11(18-17-10)12(13,14)15;/h6,8-9H,2-5,7,16H2,1H3,(H,17,18);1H. The average molecular weight is 313 g/mol. The number of nitrogens with one attached hydrogen (secondary N) is 1. The maximum absolute atomic E-state index is 12.4. The van der Waals surface area contributed by atoms with Crippen LogP contribution in [0.4, 0.5) is 13.2 Å². The highest BCUT2D eigenvalue weighted by Gasteiger charge is 2.34. The lowest BCUT2D eigenvalue weighted by molar-refractivity contribution is -0.141. The molecule has 1 fully saturated rings. The van der Waals surface area contributed by atoms with Crippen LogP contribution in [0.1, 0.15) is 31.2 Å². The Kier molecular flexibility index (Phi) is 5.85. The van der Waals surface area contributed by atoms with Gasteiger partial charge in [0.2, 0.25) is 0 Å². The van der Waals surface area contributed by atoms with Gasteiger partial charge in [0.1, 0.15) is 0 Å². The lowest BCUT2D eigenvalue weighted by Gasteiger charge is -2.33. The second-order valence-electron chi connectivity index (χ2n) is 5.25. The van der Waals surface area contributed by atoms with Crippen LogP contribution in [-0.2, 0) is 12.7 Å². The van der Waals surface area contributed by atoms with Crippen molar-refractivity contribution in [2.45, 2.75) is 38.5 Å². The second-order valence-corrected chi connectivity index (χ2v) is 5.25. The zero-order valence-corrected chi connectivity index (χ0v) is 12.1. The van der Waals surface area contributed by atoms with Gasteiger partial charge in [-0.15, -0.1) is 12.4 Å². The molecule has 1 atom stereocenters. The molecule has 1 aliphatic heterocycles. The van der Waals surface area contributed by atoms with E-state index >= 15 is 0 Å². The Labute approximate surface area is 122 Å². The predicted octanol–water partition coefficient (Wildman–Crippen LogP) is 2.41. The van der Waals surface area contributed by atoms with E-state index < -0.39 is 11.9 Å². The van der Waals surface area contributed by atoms with Crippen molar-refractivity contribution in [2.75, 3.05) is 13.1 Å². The van der Waals surface area contributed by atoms with Gasteiger partial charge in [0.25, 0.3) is 0 Å². The van der Waals surface area contributed by atoms with Crippen LogP contribution in [-0.4, -0.2) is 34.2 Å². The molecule has 0 radical (unpaired) electrons. The molecule has 3 N–H and O–H groups in total. The molecule has 0 aliphatic carbocycles. The first kappa shape index (κ1) is 17.3. The summed E-state index contributed by atoms with van der Waals surface area (Å²) in [5.74, 6) is 0.517. The van der Waals surface area contributed by atoms with Crippen LogP contribution in [0.15, 0.2) is 6.07 Å². The summed E-state index contributed by atoms with van der Waals surface area (Å²) in [5.41, 5.74) is 5.51. The summed E-state index contributed by atoms with van der Waals surface area (Å²) < 4.78 is 37.2. The Hall–Kier alpha value is -0.790. The van der Waals surface area contributed by atoms with E-state index in [-0.39, 0.29) is 18.4 Å². The summed E-state index contributed by atoms with van der Waals surface area (Å²) >= 11 is 0. The van der Waals surface area contributed by atoms with Gasteiger partial charge < -0.3 is 5.73 Å². The molecule has 20 heavy (non-hydrogen) atoms. The number of piperidine rings is 1. The SMILES string of the molecule is CC(N)C1CCN(Cc2cc(C(F)(F)F)n[nH]2)CC1.Cl. The van der Waals surface area contributed by atoms with Gasteiger partial charge in [0.15, 0.2) is 5.69 Å². The van der Waals surface area contributed by atoms with E-state index in [1.54, 1.807) is 0 Å². The molecule has 1 aliphatic rings. The number of alkyl halides is 3. The number of aromatic amines is 1. The van der Waals surface area contributed by atoms with Crippen molar-refractivity contribution in [2.24, 2.45) is 11.7 Å². The molecule has 4 nitrogen and oxygen atoms in total. The minimum absolute atomic E-state index is 0. The normalized spacial score (nSPS) is 19.6. The van der Waals surface area contributed by atoms with E-state index in [2.05, 4.69) is 15.1 Å². The van der Waals surface area contributed by atoms with Gasteiger partial charge in [-0.05, 0) is 44.8 Å². The lowest BCUT2D eigenvalue weighted by Crippen LogP contribution is -2.39. The monoisotopic (exact) mass is 312 g/mol. The Morgan fingerprint density at radius 2 is 2.05 bits per heavy atom. The van der Waals surface area contributed by atoms with Gasteiger partial charge >= 0.3 is 6.18 Å². The smallest absolute Gasteiger partial charge is 0.328 e. The van der Waals surface area contributed by atoms with Gasteiger partial charge in [0.05, 0.1) is 0 Å². The highest BCUT2D eigenvalue weighted by Crippen LogP contribution is 2.28. The van der Waals surface area contributed by atoms with Crippen LogP contribution in [0, 0.1) is 5.92 Å². The molecule has 1 aromatic rings. The first-order chi connectivity index (χ1) is 8.86. The summed E-state index contributed by atoms with van der Waals surface area (Å²) in [7, 11) is 0. The summed E-state index contributed by atoms with van der Waals surface area (Å²) in [6.07, 6.45) is -2.38. The number of nitrogens with zero attached hydrogens (tertiary/aromatic N) is 2. The van der Waals surface area contributed by atoms with Crippen LogP contribution in [0.5, 0.6) is 0 Å². The van der Waals surface area contributed by atoms with E-state index in [9.17, 15) is 13.2 Å². The molecule has 0 spiro atoms. The first-order valence-electron chi connectivity index (χ1n) is 6.45. The second kappa shape index (κ2) is 6.78. The van der Waals surface area contributed by atoms with Crippen molar-refractivity contribution < 1.29 is 13.2 Å². The van der Waals surface area contributed by atoms with Gasteiger partial charge in [-0.25, -0.2) is 0 Å². The number of rotatable bonds is 3. The predicted molar refractivity (Wildman–Crippen MR) is 72.5 cm³/mol. The maximum atomic E-state index is 12.4. The van der Waals surface area contributed by atoms with E-state index in [0.29, 0.717) is 18.2 Å². The fraction of sp³-hybridized carbons (Fsp3) is 0.750. The molecule has 1 aromatic heterocycles. The maximum Gasteiger partial charge on any atom is 0.435 e. The highest BCUT2D eigenvalue weighted by atomic mass is 35.5. The zero-order chi connectivity index (χ0) is 14.0. The quantitative estimate of drug-likeness (QED) is 0.901. The molecule has 2 rings (SSSR count). The summed E-state index contributed by atoms with van der Waals surface area (Å²) in [4.78, 5) is 2.13. The third-order valence-electron chi connectivity index (χ3n) is 3.69. The Morgan fingerprint density at radius 1 is 1.45 bits per heavy atom. The van der Waals surface area contributed by atoms with Gasteiger partial charge in [-0.1, -0.05) is 0 Å². The van der Waals surface area contributed by atoms with E-state index in [4.69, 9.17) is 5.73 Å². The lowest BCUT2D eigenvalue weighted by atomic mass is 9.91. The van der Waals surface area contributed by atoms with Crippen molar-refractivity contribution >= 4 is 12.4 Å². The largest absolute Gasteiger partial charge is 0.435 e. The van der Waals surface area contributed by atoms with Crippen LogP contribution in [0.3, 0.4) is 0 Å². The van der Waals surface area contributed by atoms with Crippen molar-refractivity contribution in [3.8, 4) is 0 Å². The van der Waals surface area contributed by atoms with Crippen LogP contribution < -0.4 is 5.73 Å². The number of hydrogen-bond acceptors (Lipinski definition) is 3. The molecule has 0 amide bonds. The van der Waals surface area contributed by atoms with Crippen molar-refractivity contribution in [3.05, 3.63) is 17.5 Å². The number of hydrogen-bond donors (Lipinski definition) is 2. The molecule has 1 saturated heterocycles. The summed E-state index contributed by atoms with van der Waals surface area (Å²) in [6, 6.07) is 1.27. The van der Waals surface area contributed by atoms with Crippen molar-refractivity contribution in [3.63, 3.8) is 0 Å². The summed E-state index contributed by atoms with van der Waals surface area (Å²) in [6.45, 7) is 4.22. The minimum atomic E-state index is -4.38. The minimum Gasteiger partial charge on any atom is -0.328 e. The van der Waals surface area contributed by atoms with E-state index in [1.165, 1.54) is 0 Å². The fourth-order valence-electron chi connectivity index (χ4n) is 2.47. The molecule has 0 bridgehead atoms. The van der Waals surface area contributed by atoms with E-state index in [0.717, 1.165) is 32.0 Å². The molecule has 0 saturated carbocycles. The van der Waals surface area contributed by atoms with Crippen LogP contribution >= 0.6 is 12.4 Å². The number of H-pyrrole nitrogens is 1. The number of aromatic nitrogens is 2. The number of likely N-dealkylation sites (tertiary alicyclic amines) is 1. The van der Waals surface area contributed by atoms with Gasteiger partial charge in [0, 0.05) is 18.3 Å². The van der Waals surface area contributed by atoms with Crippen molar-refractivity contribution in [1.82, 2.24) is 15.1 Å². The van der Waals surface area contributed by atoms with Crippen molar-refractivity contribution in [1.29, 1.82) is 0 Å². The first-order valence-corrected chi connectivity index (χ1v) is 6.45. The molecular formula is C12H20ClF3N4. The number of nitrogens with two attached hydrogens (primary N) is 1. The molecule has 8 heteroatoms. The molecule has 116 valence electrons. The molecule has 0 aromatic carbocycles. The highest BCUT2D eigenvalue weighted by molar-refractivity contribution is 5.85. The van der Waals surface area contributed by atoms with Crippen LogP contribution in [0.2, 0.25) is 0 Å². The Balaban J connectivity index is 0.00000200.